The molecule has 1 aliphatic carbocycles. The number of aromatic nitrogens is 1. The standard InChI is InChI=1S/C18H20N2O3/c1-22-16-7-6-15-17(16)23-9-8-20(15)18(21)13-10-12-4-2-3-5-14(12)19-11-13/h2-5,10-11,15-17H,6-9H2,1H3/t15-,16-,17+/m1/s1. The van der Waals surface area contributed by atoms with Crippen LogP contribution in [0.25, 0.3) is 10.9 Å². The van der Waals surface area contributed by atoms with Gasteiger partial charge in [0.15, 0.2) is 0 Å². The van der Waals surface area contributed by atoms with Crippen molar-refractivity contribution in [1.29, 1.82) is 0 Å². The molecule has 1 amide bonds. The number of para-hydroxylation sites is 1. The number of hydrogen-bond acceptors (Lipinski definition) is 4. The largest absolute Gasteiger partial charge is 0.379 e. The van der Waals surface area contributed by atoms with Crippen molar-refractivity contribution in [1.82, 2.24) is 9.88 Å². The predicted molar refractivity (Wildman–Crippen MR) is 86.3 cm³/mol. The summed E-state index contributed by atoms with van der Waals surface area (Å²) in [6, 6.07) is 9.88. The van der Waals surface area contributed by atoms with Gasteiger partial charge in [0, 0.05) is 25.2 Å². The van der Waals surface area contributed by atoms with Gasteiger partial charge in [-0.2, -0.15) is 0 Å². The van der Waals surface area contributed by atoms with Crippen molar-refractivity contribution >= 4 is 16.8 Å². The van der Waals surface area contributed by atoms with Crippen LogP contribution in [0.3, 0.4) is 0 Å². The molecule has 120 valence electrons. The van der Waals surface area contributed by atoms with E-state index in [0.29, 0.717) is 18.7 Å². The van der Waals surface area contributed by atoms with Gasteiger partial charge in [0.05, 0.1) is 29.8 Å². The van der Waals surface area contributed by atoms with Gasteiger partial charge in [0.1, 0.15) is 6.10 Å². The lowest BCUT2D eigenvalue weighted by Crippen LogP contribution is -2.53. The summed E-state index contributed by atoms with van der Waals surface area (Å²) in [5, 5.41) is 0.990. The summed E-state index contributed by atoms with van der Waals surface area (Å²) in [6.07, 6.45) is 3.62. The maximum Gasteiger partial charge on any atom is 0.255 e. The van der Waals surface area contributed by atoms with E-state index in [2.05, 4.69) is 4.98 Å². The van der Waals surface area contributed by atoms with Crippen LogP contribution >= 0.6 is 0 Å². The number of benzene rings is 1. The molecule has 0 N–H and O–H groups in total. The van der Waals surface area contributed by atoms with Crippen LogP contribution in [0, 0.1) is 0 Å². The molecule has 0 radical (unpaired) electrons. The molecule has 1 aromatic carbocycles. The molecule has 1 aromatic heterocycles. The minimum absolute atomic E-state index is 0.00823. The normalized spacial score (nSPS) is 27.2. The molecule has 0 unspecified atom stereocenters. The van der Waals surface area contributed by atoms with E-state index < -0.39 is 0 Å². The number of rotatable bonds is 2. The summed E-state index contributed by atoms with van der Waals surface area (Å²) in [4.78, 5) is 19.3. The second-order valence-corrected chi connectivity index (χ2v) is 6.17. The molecule has 2 aromatic rings. The SMILES string of the molecule is CO[C@@H]1CC[C@@H]2[C@@H]1OCCN2C(=O)c1cnc2ccccc2c1. The van der Waals surface area contributed by atoms with Crippen molar-refractivity contribution in [2.24, 2.45) is 0 Å². The van der Waals surface area contributed by atoms with Crippen LogP contribution in [0.1, 0.15) is 23.2 Å². The molecule has 2 fully saturated rings. The lowest BCUT2D eigenvalue weighted by molar-refractivity contribution is -0.0946. The van der Waals surface area contributed by atoms with Gasteiger partial charge in [0.25, 0.3) is 5.91 Å². The van der Waals surface area contributed by atoms with Crippen molar-refractivity contribution in [2.45, 2.75) is 31.1 Å². The maximum atomic E-state index is 13.0. The van der Waals surface area contributed by atoms with Gasteiger partial charge in [-0.25, -0.2) is 0 Å². The fraction of sp³-hybridized carbons (Fsp3) is 0.444. The summed E-state index contributed by atoms with van der Waals surface area (Å²) in [5.41, 5.74) is 1.55. The third-order valence-corrected chi connectivity index (χ3v) is 4.94. The number of morpholine rings is 1. The summed E-state index contributed by atoms with van der Waals surface area (Å²) in [7, 11) is 1.71. The fourth-order valence-electron chi connectivity index (χ4n) is 3.77. The highest BCUT2D eigenvalue weighted by Gasteiger charge is 2.44. The van der Waals surface area contributed by atoms with E-state index in [0.717, 1.165) is 23.7 Å². The number of fused-ring (bicyclic) bond motifs is 2. The smallest absolute Gasteiger partial charge is 0.255 e. The number of amides is 1. The molecule has 2 aliphatic rings. The minimum atomic E-state index is -0.00823. The predicted octanol–water partition coefficient (Wildman–Crippen LogP) is 2.25. The van der Waals surface area contributed by atoms with E-state index in [1.54, 1.807) is 13.3 Å². The molecule has 1 saturated carbocycles. The first-order valence-corrected chi connectivity index (χ1v) is 8.08. The van der Waals surface area contributed by atoms with Crippen LogP contribution in [0.2, 0.25) is 0 Å². The van der Waals surface area contributed by atoms with Gasteiger partial charge in [-0.3, -0.25) is 9.78 Å². The molecule has 5 heteroatoms. The van der Waals surface area contributed by atoms with Crippen molar-refractivity contribution in [3.8, 4) is 0 Å². The maximum absolute atomic E-state index is 13.0. The molecule has 2 heterocycles. The lowest BCUT2D eigenvalue weighted by atomic mass is 10.1. The number of pyridine rings is 1. The van der Waals surface area contributed by atoms with Gasteiger partial charge >= 0.3 is 0 Å². The van der Waals surface area contributed by atoms with E-state index >= 15 is 0 Å². The van der Waals surface area contributed by atoms with Crippen LogP contribution in [0.15, 0.2) is 36.5 Å². The second kappa shape index (κ2) is 5.91. The Bertz CT molecular complexity index is 733. The number of nitrogens with zero attached hydrogens (tertiary/aromatic N) is 2. The first-order valence-electron chi connectivity index (χ1n) is 8.08. The quantitative estimate of drug-likeness (QED) is 0.853. The Labute approximate surface area is 135 Å². The van der Waals surface area contributed by atoms with Crippen LogP contribution < -0.4 is 0 Å². The van der Waals surface area contributed by atoms with Crippen molar-refractivity contribution < 1.29 is 14.3 Å². The van der Waals surface area contributed by atoms with Crippen LogP contribution in [0.5, 0.6) is 0 Å². The van der Waals surface area contributed by atoms with Gasteiger partial charge in [-0.05, 0) is 25.0 Å². The first kappa shape index (κ1) is 14.6. The van der Waals surface area contributed by atoms with Gasteiger partial charge in [-0.15, -0.1) is 0 Å². The number of hydrogen-bond donors (Lipinski definition) is 0. The Kier molecular flexibility index (Phi) is 3.75. The molecular weight excluding hydrogens is 292 g/mol. The number of carbonyl (C=O) groups excluding carboxylic acids is 1. The zero-order chi connectivity index (χ0) is 15.8. The van der Waals surface area contributed by atoms with E-state index in [1.165, 1.54) is 0 Å². The third kappa shape index (κ3) is 2.50. The highest BCUT2D eigenvalue weighted by atomic mass is 16.5. The number of ether oxygens (including phenoxy) is 2. The Morgan fingerprint density at radius 3 is 3.09 bits per heavy atom. The third-order valence-electron chi connectivity index (χ3n) is 4.94. The zero-order valence-electron chi connectivity index (χ0n) is 13.1. The Hall–Kier alpha value is -1.98. The van der Waals surface area contributed by atoms with Crippen molar-refractivity contribution in [2.75, 3.05) is 20.3 Å². The van der Waals surface area contributed by atoms with Crippen LogP contribution in [-0.2, 0) is 9.47 Å². The molecule has 0 bridgehead atoms. The highest BCUT2D eigenvalue weighted by molar-refractivity contribution is 5.97. The van der Waals surface area contributed by atoms with Gasteiger partial charge in [-0.1, -0.05) is 18.2 Å². The average Bonchev–Trinajstić information content (AvgIpc) is 3.04. The summed E-state index contributed by atoms with van der Waals surface area (Å²) < 4.78 is 11.4. The summed E-state index contributed by atoms with van der Waals surface area (Å²) in [5.74, 6) is 0.0401. The molecule has 0 spiro atoms. The fourth-order valence-corrected chi connectivity index (χ4v) is 3.77. The summed E-state index contributed by atoms with van der Waals surface area (Å²) in [6.45, 7) is 1.19. The summed E-state index contributed by atoms with van der Waals surface area (Å²) >= 11 is 0. The first-order chi connectivity index (χ1) is 11.3. The zero-order valence-corrected chi connectivity index (χ0v) is 13.1. The minimum Gasteiger partial charge on any atom is -0.379 e. The van der Waals surface area contributed by atoms with Gasteiger partial charge in [0.2, 0.25) is 0 Å². The van der Waals surface area contributed by atoms with E-state index in [1.807, 2.05) is 35.2 Å². The van der Waals surface area contributed by atoms with E-state index in [-0.39, 0.29) is 24.2 Å². The lowest BCUT2D eigenvalue weighted by Gasteiger charge is -2.38. The van der Waals surface area contributed by atoms with Crippen molar-refractivity contribution in [3.63, 3.8) is 0 Å². The topological polar surface area (TPSA) is 51.7 Å². The molecule has 1 aliphatic heterocycles. The highest BCUT2D eigenvalue weighted by Crippen LogP contribution is 2.32. The Balaban J connectivity index is 1.62. The molecular formula is C18H20N2O3. The monoisotopic (exact) mass is 312 g/mol. The van der Waals surface area contributed by atoms with Crippen LogP contribution in [-0.4, -0.2) is 54.3 Å². The molecule has 1 saturated heterocycles. The number of methoxy groups -OCH3 is 1. The Morgan fingerprint density at radius 1 is 1.35 bits per heavy atom. The number of carbonyl (C=O) groups is 1. The van der Waals surface area contributed by atoms with Gasteiger partial charge < -0.3 is 14.4 Å². The average molecular weight is 312 g/mol. The van der Waals surface area contributed by atoms with Crippen molar-refractivity contribution in [3.05, 3.63) is 42.1 Å². The molecule has 5 nitrogen and oxygen atoms in total. The second-order valence-electron chi connectivity index (χ2n) is 6.17. The van der Waals surface area contributed by atoms with E-state index in [9.17, 15) is 4.79 Å². The Morgan fingerprint density at radius 2 is 2.22 bits per heavy atom. The van der Waals surface area contributed by atoms with Crippen LogP contribution in [0.4, 0.5) is 0 Å². The molecule has 23 heavy (non-hydrogen) atoms. The molecule has 3 atom stereocenters. The molecule has 4 rings (SSSR count). The van der Waals surface area contributed by atoms with E-state index in [4.69, 9.17) is 9.47 Å².